The second-order valence-corrected chi connectivity index (χ2v) is 10.2. The zero-order chi connectivity index (χ0) is 26.4. The first kappa shape index (κ1) is 30.4. The second-order valence-electron chi connectivity index (χ2n) is 10.2. The fourth-order valence-electron chi connectivity index (χ4n) is 4.00. The summed E-state index contributed by atoms with van der Waals surface area (Å²) in [4.78, 5) is 49.4. The molecule has 198 valence electrons. The predicted molar refractivity (Wildman–Crippen MR) is 138 cm³/mol. The maximum absolute atomic E-state index is 12.6. The molecule has 0 saturated carbocycles. The van der Waals surface area contributed by atoms with E-state index in [9.17, 15) is 19.2 Å². The van der Waals surface area contributed by atoms with Gasteiger partial charge >= 0.3 is 0 Å². The molecule has 6 N–H and O–H groups in total. The van der Waals surface area contributed by atoms with E-state index in [0.717, 1.165) is 18.4 Å². The molecule has 9 heteroatoms. The third-order valence-electron chi connectivity index (χ3n) is 5.71. The predicted octanol–water partition coefficient (Wildman–Crippen LogP) is 1.54. The first-order valence-corrected chi connectivity index (χ1v) is 12.7. The summed E-state index contributed by atoms with van der Waals surface area (Å²) in [6.45, 7) is 9.95. The number of amides is 4. The standard InChI is InChI=1S/C26H45N5O4/c1-17(2)11-21(13-19(5)25(34)28-15-20-9-7-6-8-10-20)30-24(33)16-29-26(35)22(12-18(3)4)31-23(32)14-27/h7,9-10,17-19,21-22H,6,8,11-16,27H2,1-5H3,(H,28,34)(H,29,35)(H,30,33)(H,31,32). The zero-order valence-electron chi connectivity index (χ0n) is 22.0. The van der Waals surface area contributed by atoms with E-state index in [1.54, 1.807) is 0 Å². The fourth-order valence-corrected chi connectivity index (χ4v) is 4.00. The molecule has 0 spiro atoms. The van der Waals surface area contributed by atoms with Crippen LogP contribution in [0.15, 0.2) is 23.8 Å². The summed E-state index contributed by atoms with van der Waals surface area (Å²) in [6, 6.07) is -0.944. The SMILES string of the molecule is CC(C)CC(CC(C)C(=O)NCC1=CCCC=C1)NC(=O)CNC(=O)C(CC(C)C)NC(=O)CN. The number of hydrogen-bond donors (Lipinski definition) is 5. The van der Waals surface area contributed by atoms with Crippen LogP contribution in [0.3, 0.4) is 0 Å². The Balaban J connectivity index is 2.60. The van der Waals surface area contributed by atoms with Gasteiger partial charge in [-0.2, -0.15) is 0 Å². The van der Waals surface area contributed by atoms with Gasteiger partial charge in [-0.25, -0.2) is 0 Å². The number of nitrogens with one attached hydrogen (secondary N) is 4. The van der Waals surface area contributed by atoms with Crippen LogP contribution < -0.4 is 27.0 Å². The normalized spacial score (nSPS) is 15.7. The summed E-state index contributed by atoms with van der Waals surface area (Å²) >= 11 is 0. The molecule has 3 atom stereocenters. The van der Waals surface area contributed by atoms with Crippen molar-refractivity contribution in [3.63, 3.8) is 0 Å². The Bertz CT molecular complexity index is 776. The van der Waals surface area contributed by atoms with Crippen LogP contribution in [0.1, 0.15) is 66.7 Å². The molecule has 1 rings (SSSR count). The summed E-state index contributed by atoms with van der Waals surface area (Å²) in [5.74, 6) is -1.000. The van der Waals surface area contributed by atoms with Gasteiger partial charge in [0.15, 0.2) is 0 Å². The van der Waals surface area contributed by atoms with Crippen LogP contribution in [0, 0.1) is 17.8 Å². The number of hydrogen-bond acceptors (Lipinski definition) is 5. The van der Waals surface area contributed by atoms with E-state index < -0.39 is 17.9 Å². The van der Waals surface area contributed by atoms with E-state index in [1.165, 1.54) is 0 Å². The average molecular weight is 492 g/mol. The Hall–Kier alpha value is -2.68. The third-order valence-corrected chi connectivity index (χ3v) is 5.71. The Kier molecular flexibility index (Phi) is 13.9. The highest BCUT2D eigenvalue weighted by atomic mass is 16.2. The first-order chi connectivity index (χ1) is 16.5. The Morgan fingerprint density at radius 3 is 2.11 bits per heavy atom. The van der Waals surface area contributed by atoms with Crippen LogP contribution in [-0.4, -0.2) is 55.3 Å². The molecule has 0 heterocycles. The molecule has 3 unspecified atom stereocenters. The van der Waals surface area contributed by atoms with E-state index in [1.807, 2.05) is 26.8 Å². The van der Waals surface area contributed by atoms with Crippen LogP contribution in [0.4, 0.5) is 0 Å². The lowest BCUT2D eigenvalue weighted by Crippen LogP contribution is -2.51. The highest BCUT2D eigenvalue weighted by Crippen LogP contribution is 2.15. The smallest absolute Gasteiger partial charge is 0.243 e. The average Bonchev–Trinajstić information content (AvgIpc) is 2.80. The van der Waals surface area contributed by atoms with Crippen molar-refractivity contribution in [3.8, 4) is 0 Å². The van der Waals surface area contributed by atoms with Crippen molar-refractivity contribution >= 4 is 23.6 Å². The number of allylic oxidation sites excluding steroid dienone is 2. The fraction of sp³-hybridized carbons (Fsp3) is 0.692. The molecule has 4 amide bonds. The maximum atomic E-state index is 12.6. The summed E-state index contributed by atoms with van der Waals surface area (Å²) < 4.78 is 0. The number of nitrogens with two attached hydrogens (primary N) is 1. The van der Waals surface area contributed by atoms with Crippen molar-refractivity contribution in [2.24, 2.45) is 23.5 Å². The summed E-state index contributed by atoms with van der Waals surface area (Å²) in [6.07, 6.45) is 9.96. The molecule has 0 bridgehead atoms. The van der Waals surface area contributed by atoms with Crippen LogP contribution in [-0.2, 0) is 19.2 Å². The topological polar surface area (TPSA) is 142 Å². The lowest BCUT2D eigenvalue weighted by Gasteiger charge is -2.24. The molecular formula is C26H45N5O4. The van der Waals surface area contributed by atoms with Crippen LogP contribution in [0.2, 0.25) is 0 Å². The quantitative estimate of drug-likeness (QED) is 0.236. The maximum Gasteiger partial charge on any atom is 0.243 e. The Morgan fingerprint density at radius 2 is 1.54 bits per heavy atom. The largest absolute Gasteiger partial charge is 0.352 e. The van der Waals surface area contributed by atoms with Crippen LogP contribution >= 0.6 is 0 Å². The van der Waals surface area contributed by atoms with Gasteiger partial charge in [-0.1, -0.05) is 52.8 Å². The van der Waals surface area contributed by atoms with E-state index in [4.69, 9.17) is 5.73 Å². The second kappa shape index (κ2) is 16.1. The van der Waals surface area contributed by atoms with Crippen molar-refractivity contribution < 1.29 is 19.2 Å². The van der Waals surface area contributed by atoms with Crippen molar-refractivity contribution in [1.29, 1.82) is 0 Å². The minimum absolute atomic E-state index is 0.0478. The van der Waals surface area contributed by atoms with Gasteiger partial charge in [0.05, 0.1) is 13.1 Å². The molecule has 0 fully saturated rings. The molecule has 0 saturated heterocycles. The number of carbonyl (C=O) groups excluding carboxylic acids is 4. The molecule has 0 aliphatic heterocycles. The third kappa shape index (κ3) is 13.1. The Labute approximate surface area is 210 Å². The van der Waals surface area contributed by atoms with Gasteiger partial charge in [-0.3, -0.25) is 19.2 Å². The minimum Gasteiger partial charge on any atom is -0.352 e. The lowest BCUT2D eigenvalue weighted by atomic mass is 9.94. The van der Waals surface area contributed by atoms with E-state index in [2.05, 4.69) is 47.3 Å². The monoisotopic (exact) mass is 491 g/mol. The molecule has 35 heavy (non-hydrogen) atoms. The van der Waals surface area contributed by atoms with Gasteiger partial charge in [0, 0.05) is 18.5 Å². The summed E-state index contributed by atoms with van der Waals surface area (Å²) in [7, 11) is 0. The van der Waals surface area contributed by atoms with Gasteiger partial charge in [0.25, 0.3) is 0 Å². The van der Waals surface area contributed by atoms with Gasteiger partial charge in [0.1, 0.15) is 6.04 Å². The molecule has 0 aromatic rings. The van der Waals surface area contributed by atoms with Gasteiger partial charge in [-0.15, -0.1) is 0 Å². The van der Waals surface area contributed by atoms with Crippen molar-refractivity contribution in [1.82, 2.24) is 21.3 Å². The molecule has 1 aliphatic rings. The van der Waals surface area contributed by atoms with Gasteiger partial charge < -0.3 is 27.0 Å². The summed E-state index contributed by atoms with van der Waals surface area (Å²) in [5.41, 5.74) is 6.45. The van der Waals surface area contributed by atoms with E-state index >= 15 is 0 Å². The molecule has 0 aromatic heterocycles. The lowest BCUT2D eigenvalue weighted by molar-refractivity contribution is -0.130. The van der Waals surface area contributed by atoms with E-state index in [0.29, 0.717) is 31.7 Å². The zero-order valence-corrected chi connectivity index (χ0v) is 22.0. The highest BCUT2D eigenvalue weighted by Gasteiger charge is 2.24. The highest BCUT2D eigenvalue weighted by molar-refractivity contribution is 5.91. The van der Waals surface area contributed by atoms with Crippen LogP contribution in [0.5, 0.6) is 0 Å². The first-order valence-electron chi connectivity index (χ1n) is 12.7. The van der Waals surface area contributed by atoms with Crippen molar-refractivity contribution in [2.45, 2.75) is 78.8 Å². The van der Waals surface area contributed by atoms with E-state index in [-0.39, 0.29) is 42.8 Å². The van der Waals surface area contributed by atoms with Crippen molar-refractivity contribution in [3.05, 3.63) is 23.8 Å². The molecule has 0 aromatic carbocycles. The number of rotatable bonds is 15. The molecular weight excluding hydrogens is 446 g/mol. The molecule has 0 radical (unpaired) electrons. The van der Waals surface area contributed by atoms with Crippen LogP contribution in [0.25, 0.3) is 0 Å². The molecule has 1 aliphatic carbocycles. The number of carbonyl (C=O) groups is 4. The molecule has 9 nitrogen and oxygen atoms in total. The van der Waals surface area contributed by atoms with Crippen molar-refractivity contribution in [2.75, 3.05) is 19.6 Å². The summed E-state index contributed by atoms with van der Waals surface area (Å²) in [5, 5.41) is 11.2. The minimum atomic E-state index is -0.747. The Morgan fingerprint density at radius 1 is 0.857 bits per heavy atom. The van der Waals surface area contributed by atoms with Gasteiger partial charge in [-0.05, 0) is 49.5 Å². The van der Waals surface area contributed by atoms with Gasteiger partial charge in [0.2, 0.25) is 23.6 Å².